The highest BCUT2D eigenvalue weighted by molar-refractivity contribution is 5.94. The number of aryl methyl sites for hydroxylation is 1. The van der Waals surface area contributed by atoms with Crippen molar-refractivity contribution in [2.75, 3.05) is 32.5 Å². The number of rotatable bonds is 4. The van der Waals surface area contributed by atoms with Crippen molar-refractivity contribution < 1.29 is 14.0 Å². The van der Waals surface area contributed by atoms with Crippen molar-refractivity contribution >= 4 is 17.5 Å². The number of likely N-dealkylation sites (tertiary alicyclic amines) is 1. The number of anilines is 1. The number of amides is 2. The summed E-state index contributed by atoms with van der Waals surface area (Å²) in [5.74, 6) is -0.293. The molecule has 0 aromatic heterocycles. The molecule has 1 saturated heterocycles. The van der Waals surface area contributed by atoms with Gasteiger partial charge in [-0.2, -0.15) is 0 Å². The molecule has 0 unspecified atom stereocenters. The van der Waals surface area contributed by atoms with Gasteiger partial charge in [0.25, 0.3) is 0 Å². The fourth-order valence-corrected chi connectivity index (χ4v) is 2.98. The molecule has 1 aromatic carbocycles. The van der Waals surface area contributed by atoms with Crippen molar-refractivity contribution in [2.45, 2.75) is 32.7 Å². The van der Waals surface area contributed by atoms with E-state index in [1.54, 1.807) is 38.1 Å². The third kappa shape index (κ3) is 4.32. The minimum absolute atomic E-state index is 0.0395. The summed E-state index contributed by atoms with van der Waals surface area (Å²) in [5.41, 5.74) is 1.02. The second kappa shape index (κ2) is 7.75. The van der Waals surface area contributed by atoms with E-state index in [1.165, 1.54) is 6.07 Å². The Bertz CT molecular complexity index is 610. The number of benzene rings is 1. The zero-order valence-electron chi connectivity index (χ0n) is 14.8. The summed E-state index contributed by atoms with van der Waals surface area (Å²) < 4.78 is 13.6. The third-order valence-corrected chi connectivity index (χ3v) is 4.69. The number of nitrogens with zero attached hydrogens (tertiary/aromatic N) is 2. The van der Waals surface area contributed by atoms with Gasteiger partial charge in [0.1, 0.15) is 5.82 Å². The van der Waals surface area contributed by atoms with Gasteiger partial charge in [-0.25, -0.2) is 4.39 Å². The van der Waals surface area contributed by atoms with Gasteiger partial charge in [0.15, 0.2) is 0 Å². The lowest BCUT2D eigenvalue weighted by atomic mass is 9.94. The van der Waals surface area contributed by atoms with Crippen LogP contribution in [-0.2, 0) is 9.59 Å². The Morgan fingerprint density at radius 3 is 2.46 bits per heavy atom. The van der Waals surface area contributed by atoms with Gasteiger partial charge in [0, 0.05) is 25.7 Å². The Hall–Kier alpha value is -1.95. The number of hydrogen-bond donors (Lipinski definition) is 1. The van der Waals surface area contributed by atoms with Crippen molar-refractivity contribution in [1.29, 1.82) is 0 Å². The van der Waals surface area contributed by atoms with Crippen LogP contribution in [0.25, 0.3) is 0 Å². The maximum Gasteiger partial charge on any atom is 0.241 e. The second-order valence-corrected chi connectivity index (χ2v) is 6.67. The van der Waals surface area contributed by atoms with Crippen LogP contribution in [0.15, 0.2) is 18.2 Å². The zero-order chi connectivity index (χ0) is 17.9. The van der Waals surface area contributed by atoms with E-state index in [2.05, 4.69) is 10.2 Å². The molecule has 1 N–H and O–H groups in total. The van der Waals surface area contributed by atoms with Gasteiger partial charge >= 0.3 is 0 Å². The van der Waals surface area contributed by atoms with E-state index in [0.29, 0.717) is 24.3 Å². The predicted octanol–water partition coefficient (Wildman–Crippen LogP) is 2.26. The highest BCUT2D eigenvalue weighted by atomic mass is 19.1. The molecule has 132 valence electrons. The van der Waals surface area contributed by atoms with Crippen LogP contribution < -0.4 is 5.32 Å². The molecule has 6 heteroatoms. The molecule has 24 heavy (non-hydrogen) atoms. The summed E-state index contributed by atoms with van der Waals surface area (Å²) in [7, 11) is 3.54. The molecule has 1 aliphatic rings. The van der Waals surface area contributed by atoms with Crippen LogP contribution in [0.1, 0.15) is 25.3 Å². The number of halogens is 1. The molecule has 2 amide bonds. The molecule has 0 spiro atoms. The quantitative estimate of drug-likeness (QED) is 0.918. The van der Waals surface area contributed by atoms with E-state index in [-0.39, 0.29) is 29.6 Å². The van der Waals surface area contributed by atoms with Crippen LogP contribution >= 0.6 is 0 Å². The Morgan fingerprint density at radius 1 is 1.29 bits per heavy atom. The molecule has 0 saturated carbocycles. The van der Waals surface area contributed by atoms with E-state index in [1.807, 2.05) is 6.92 Å². The van der Waals surface area contributed by atoms with Crippen molar-refractivity contribution in [1.82, 2.24) is 9.80 Å². The maximum atomic E-state index is 13.6. The summed E-state index contributed by atoms with van der Waals surface area (Å²) in [6.07, 6.45) is 1.52. The fourth-order valence-electron chi connectivity index (χ4n) is 2.98. The monoisotopic (exact) mass is 335 g/mol. The van der Waals surface area contributed by atoms with Crippen molar-refractivity contribution in [2.24, 2.45) is 5.92 Å². The molecule has 0 radical (unpaired) electrons. The molecular weight excluding hydrogens is 309 g/mol. The smallest absolute Gasteiger partial charge is 0.241 e. The largest absolute Gasteiger partial charge is 0.349 e. The first-order valence-electron chi connectivity index (χ1n) is 8.32. The minimum Gasteiger partial charge on any atom is -0.349 e. The average molecular weight is 335 g/mol. The lowest BCUT2D eigenvalue weighted by molar-refractivity contribution is -0.134. The Kier molecular flexibility index (Phi) is 5.94. The first-order chi connectivity index (χ1) is 11.3. The predicted molar refractivity (Wildman–Crippen MR) is 92.2 cm³/mol. The van der Waals surface area contributed by atoms with Crippen LogP contribution in [0.4, 0.5) is 10.1 Å². The van der Waals surface area contributed by atoms with Gasteiger partial charge < -0.3 is 10.2 Å². The topological polar surface area (TPSA) is 52.7 Å². The zero-order valence-corrected chi connectivity index (χ0v) is 14.8. The summed E-state index contributed by atoms with van der Waals surface area (Å²) in [5, 5.41) is 2.76. The lowest BCUT2D eigenvalue weighted by Crippen LogP contribution is -2.48. The SMILES string of the molecule is Cc1ccc(NC(=O)[C@H](C)N2CCC(C(=O)N(C)C)CC2)cc1F. The number of hydrogen-bond acceptors (Lipinski definition) is 3. The molecule has 1 fully saturated rings. The molecule has 0 aliphatic carbocycles. The Balaban J connectivity index is 1.90. The average Bonchev–Trinajstić information content (AvgIpc) is 2.56. The highest BCUT2D eigenvalue weighted by Crippen LogP contribution is 2.21. The van der Waals surface area contributed by atoms with E-state index in [4.69, 9.17) is 0 Å². The van der Waals surface area contributed by atoms with Gasteiger partial charge in [-0.05, 0) is 57.5 Å². The first kappa shape index (κ1) is 18.4. The van der Waals surface area contributed by atoms with Crippen LogP contribution in [0.3, 0.4) is 0 Å². The van der Waals surface area contributed by atoms with Gasteiger partial charge in [0.2, 0.25) is 11.8 Å². The normalized spacial score (nSPS) is 17.4. The maximum absolute atomic E-state index is 13.6. The lowest BCUT2D eigenvalue weighted by Gasteiger charge is -2.35. The van der Waals surface area contributed by atoms with E-state index in [9.17, 15) is 14.0 Å². The first-order valence-corrected chi connectivity index (χ1v) is 8.32. The fraction of sp³-hybridized carbons (Fsp3) is 0.556. The van der Waals surface area contributed by atoms with Crippen molar-refractivity contribution in [3.8, 4) is 0 Å². The minimum atomic E-state index is -0.330. The number of nitrogens with one attached hydrogen (secondary N) is 1. The van der Waals surface area contributed by atoms with Crippen molar-refractivity contribution in [3.63, 3.8) is 0 Å². The molecule has 1 aliphatic heterocycles. The van der Waals surface area contributed by atoms with Crippen LogP contribution in [0.5, 0.6) is 0 Å². The van der Waals surface area contributed by atoms with E-state index < -0.39 is 0 Å². The van der Waals surface area contributed by atoms with E-state index in [0.717, 1.165) is 12.8 Å². The van der Waals surface area contributed by atoms with Gasteiger partial charge in [-0.1, -0.05) is 6.07 Å². The van der Waals surface area contributed by atoms with E-state index >= 15 is 0 Å². The summed E-state index contributed by atoms with van der Waals surface area (Å²) >= 11 is 0. The highest BCUT2D eigenvalue weighted by Gasteiger charge is 2.30. The van der Waals surface area contributed by atoms with Crippen LogP contribution in [0, 0.1) is 18.7 Å². The third-order valence-electron chi connectivity index (χ3n) is 4.69. The summed E-state index contributed by atoms with van der Waals surface area (Å²) in [6, 6.07) is 4.37. The van der Waals surface area contributed by atoms with Gasteiger partial charge in [0.05, 0.1) is 6.04 Å². The molecule has 1 heterocycles. The standard InChI is InChI=1S/C18H26FN3O2/c1-12-5-6-15(11-16(12)19)20-17(23)13(2)22-9-7-14(8-10-22)18(24)21(3)4/h5-6,11,13-14H,7-10H2,1-4H3,(H,20,23)/t13-/m0/s1. The summed E-state index contributed by atoms with van der Waals surface area (Å²) in [4.78, 5) is 28.1. The molecule has 2 rings (SSSR count). The van der Waals surface area contributed by atoms with Crippen LogP contribution in [-0.4, -0.2) is 54.8 Å². The molecule has 1 atom stereocenters. The number of carbonyl (C=O) groups excluding carboxylic acids is 2. The van der Waals surface area contributed by atoms with Gasteiger partial charge in [-0.15, -0.1) is 0 Å². The molecule has 1 aromatic rings. The molecule has 0 bridgehead atoms. The van der Waals surface area contributed by atoms with Crippen LogP contribution in [0.2, 0.25) is 0 Å². The van der Waals surface area contributed by atoms with Crippen molar-refractivity contribution in [3.05, 3.63) is 29.6 Å². The Morgan fingerprint density at radius 2 is 1.92 bits per heavy atom. The Labute approximate surface area is 142 Å². The molecular formula is C18H26FN3O2. The molecule has 5 nitrogen and oxygen atoms in total. The summed E-state index contributed by atoms with van der Waals surface area (Å²) in [6.45, 7) is 4.94. The number of piperidine rings is 1. The number of carbonyl (C=O) groups is 2. The second-order valence-electron chi connectivity index (χ2n) is 6.67. The van der Waals surface area contributed by atoms with Gasteiger partial charge in [-0.3, -0.25) is 14.5 Å².